The normalized spacial score (nSPS) is 19.1. The van der Waals surface area contributed by atoms with Crippen LogP contribution >= 0.6 is 0 Å². The van der Waals surface area contributed by atoms with Crippen molar-refractivity contribution in [1.29, 1.82) is 0 Å². The lowest BCUT2D eigenvalue weighted by molar-refractivity contribution is -0.149. The summed E-state index contributed by atoms with van der Waals surface area (Å²) in [5.74, 6) is -0.678. The van der Waals surface area contributed by atoms with Crippen molar-refractivity contribution in [3.63, 3.8) is 0 Å². The fourth-order valence-corrected chi connectivity index (χ4v) is 4.52. The lowest BCUT2D eigenvalue weighted by atomic mass is 9.88. The first kappa shape index (κ1) is 22.8. The van der Waals surface area contributed by atoms with E-state index < -0.39 is 11.5 Å². The van der Waals surface area contributed by atoms with Crippen molar-refractivity contribution in [2.45, 2.75) is 45.3 Å². The molecule has 0 unspecified atom stereocenters. The van der Waals surface area contributed by atoms with Crippen molar-refractivity contribution in [2.75, 3.05) is 18.4 Å². The number of fused-ring (bicyclic) bond motifs is 1. The number of nitrogens with two attached hydrogens (primary N) is 1. The van der Waals surface area contributed by atoms with E-state index in [0.717, 1.165) is 23.1 Å². The number of carbonyl (C=O) groups is 2. The first-order valence-corrected chi connectivity index (χ1v) is 11.2. The highest BCUT2D eigenvalue weighted by atomic mass is 16.3. The van der Waals surface area contributed by atoms with Crippen LogP contribution in [0.2, 0.25) is 0 Å². The van der Waals surface area contributed by atoms with Crippen LogP contribution in [0.15, 0.2) is 30.9 Å². The fraction of sp³-hybridized carbons (Fsp3) is 0.478. The first-order valence-electron chi connectivity index (χ1n) is 11.2. The topological polar surface area (TPSA) is 131 Å². The number of primary amides is 1. The number of likely N-dealkylation sites (tertiary alicyclic amines) is 1. The number of carbonyl (C=O) groups excluding carboxylic acids is 2. The number of hydrogen-bond acceptors (Lipinski definition) is 6. The second kappa shape index (κ2) is 8.51. The van der Waals surface area contributed by atoms with Gasteiger partial charge in [-0.2, -0.15) is 10.2 Å². The molecule has 4 N–H and O–H groups in total. The highest BCUT2D eigenvalue weighted by Crippen LogP contribution is 2.32. The average molecular weight is 454 g/mol. The molecule has 1 aliphatic rings. The Bertz CT molecular complexity index is 1190. The van der Waals surface area contributed by atoms with Gasteiger partial charge in [0.25, 0.3) is 11.8 Å². The van der Waals surface area contributed by atoms with E-state index in [1.165, 1.54) is 20.0 Å². The highest BCUT2D eigenvalue weighted by molar-refractivity contribution is 6.02. The zero-order valence-corrected chi connectivity index (χ0v) is 19.4. The molecule has 33 heavy (non-hydrogen) atoms. The molecule has 4 rings (SSSR count). The van der Waals surface area contributed by atoms with Crippen LogP contribution in [0.25, 0.3) is 16.6 Å². The summed E-state index contributed by atoms with van der Waals surface area (Å²) in [4.78, 5) is 26.5. The monoisotopic (exact) mass is 453 g/mol. The zero-order chi connectivity index (χ0) is 23.9. The Morgan fingerprint density at radius 2 is 2.00 bits per heavy atom. The number of aliphatic hydroxyl groups is 1. The van der Waals surface area contributed by atoms with E-state index in [2.05, 4.69) is 22.4 Å². The average Bonchev–Trinajstić information content (AvgIpc) is 3.39. The minimum Gasteiger partial charge on any atom is -0.381 e. The van der Waals surface area contributed by atoms with Gasteiger partial charge < -0.3 is 21.1 Å². The van der Waals surface area contributed by atoms with E-state index in [0.29, 0.717) is 30.8 Å². The van der Waals surface area contributed by atoms with Crippen LogP contribution in [-0.4, -0.2) is 65.9 Å². The van der Waals surface area contributed by atoms with E-state index >= 15 is 0 Å². The quantitative estimate of drug-likeness (QED) is 0.520. The third-order valence-electron chi connectivity index (χ3n) is 6.34. The maximum Gasteiger partial charge on any atom is 0.253 e. The van der Waals surface area contributed by atoms with Crippen molar-refractivity contribution in [3.8, 4) is 11.1 Å². The summed E-state index contributed by atoms with van der Waals surface area (Å²) < 4.78 is 3.46. The molecule has 0 radical (unpaired) electrons. The van der Waals surface area contributed by atoms with Gasteiger partial charge in [0.2, 0.25) is 0 Å². The number of nitrogens with one attached hydrogen (secondary N) is 1. The van der Waals surface area contributed by atoms with Gasteiger partial charge in [0.05, 0.1) is 29.2 Å². The molecule has 1 aliphatic heterocycles. The van der Waals surface area contributed by atoms with Gasteiger partial charge in [-0.1, -0.05) is 6.92 Å². The third-order valence-corrected chi connectivity index (χ3v) is 6.34. The van der Waals surface area contributed by atoms with Gasteiger partial charge in [-0.15, -0.1) is 0 Å². The van der Waals surface area contributed by atoms with Gasteiger partial charge in [-0.05, 0) is 38.7 Å². The Balaban J connectivity index is 1.67. The van der Waals surface area contributed by atoms with Crippen LogP contribution in [0, 0.1) is 5.92 Å². The molecule has 176 valence electrons. The minimum absolute atomic E-state index is 0.0295. The van der Waals surface area contributed by atoms with Crippen LogP contribution in [0.4, 0.5) is 5.69 Å². The molecule has 10 nitrogen and oxygen atoms in total. The molecule has 4 heterocycles. The van der Waals surface area contributed by atoms with Gasteiger partial charge in [-0.3, -0.25) is 14.3 Å². The number of aryl methyl sites for hydroxylation is 1. The second-order valence-corrected chi connectivity index (χ2v) is 9.28. The van der Waals surface area contributed by atoms with Crippen molar-refractivity contribution in [2.24, 2.45) is 18.7 Å². The number of piperidine rings is 1. The van der Waals surface area contributed by atoms with Crippen molar-refractivity contribution in [1.82, 2.24) is 24.3 Å². The predicted octanol–water partition coefficient (Wildman–Crippen LogP) is 1.64. The Hall–Kier alpha value is -3.40. The van der Waals surface area contributed by atoms with E-state index in [4.69, 9.17) is 5.73 Å². The number of rotatable bonds is 6. The summed E-state index contributed by atoms with van der Waals surface area (Å²) >= 11 is 0. The lowest BCUT2D eigenvalue weighted by Crippen LogP contribution is -2.53. The number of hydrogen-bond donors (Lipinski definition) is 3. The van der Waals surface area contributed by atoms with Crippen LogP contribution in [0.1, 0.15) is 44.0 Å². The smallest absolute Gasteiger partial charge is 0.253 e. The van der Waals surface area contributed by atoms with Crippen LogP contribution < -0.4 is 11.1 Å². The van der Waals surface area contributed by atoms with Gasteiger partial charge in [0.1, 0.15) is 5.60 Å². The van der Waals surface area contributed by atoms with Gasteiger partial charge in [0, 0.05) is 49.7 Å². The minimum atomic E-state index is -1.40. The first-order chi connectivity index (χ1) is 15.6. The molecule has 0 aliphatic carbocycles. The summed E-state index contributed by atoms with van der Waals surface area (Å²) in [6.45, 7) is 6.16. The number of anilines is 1. The molecule has 2 atom stereocenters. The number of aromatic nitrogens is 4. The van der Waals surface area contributed by atoms with Gasteiger partial charge >= 0.3 is 0 Å². The largest absolute Gasteiger partial charge is 0.381 e. The molecule has 0 bridgehead atoms. The highest BCUT2D eigenvalue weighted by Gasteiger charge is 2.36. The molecule has 10 heteroatoms. The van der Waals surface area contributed by atoms with Crippen molar-refractivity contribution < 1.29 is 14.7 Å². The zero-order valence-electron chi connectivity index (χ0n) is 19.4. The maximum absolute atomic E-state index is 12.6. The predicted molar refractivity (Wildman–Crippen MR) is 125 cm³/mol. The summed E-state index contributed by atoms with van der Waals surface area (Å²) in [5, 5.41) is 22.3. The number of amides is 2. The molecule has 3 aromatic heterocycles. The van der Waals surface area contributed by atoms with Crippen molar-refractivity contribution >= 4 is 23.0 Å². The molecule has 0 saturated carbocycles. The summed E-state index contributed by atoms with van der Waals surface area (Å²) in [6.07, 6.45) is 8.59. The Kier molecular flexibility index (Phi) is 5.87. The van der Waals surface area contributed by atoms with Crippen LogP contribution in [0.3, 0.4) is 0 Å². The maximum atomic E-state index is 12.6. The molecule has 0 spiro atoms. The van der Waals surface area contributed by atoms with E-state index in [1.807, 2.05) is 25.5 Å². The summed E-state index contributed by atoms with van der Waals surface area (Å²) in [5.41, 5.74) is 7.87. The molecule has 2 amide bonds. The van der Waals surface area contributed by atoms with E-state index in [-0.39, 0.29) is 17.9 Å². The van der Waals surface area contributed by atoms with Crippen molar-refractivity contribution in [3.05, 3.63) is 36.4 Å². The fourth-order valence-electron chi connectivity index (χ4n) is 4.52. The second-order valence-electron chi connectivity index (χ2n) is 9.28. The molecular formula is C23H31N7O3. The summed E-state index contributed by atoms with van der Waals surface area (Å²) in [7, 11) is 1.86. The van der Waals surface area contributed by atoms with Gasteiger partial charge in [0.15, 0.2) is 0 Å². The summed E-state index contributed by atoms with van der Waals surface area (Å²) in [6, 6.07) is 1.99. The van der Waals surface area contributed by atoms with Crippen LogP contribution in [0.5, 0.6) is 0 Å². The molecule has 1 fully saturated rings. The number of nitrogens with zero attached hydrogens (tertiary/aromatic N) is 5. The SMILES string of the molecule is CC[C@@H]1CN(C(=O)C(C)(C)O)CC[C@H]1Nc1c(C(N)=O)cnn2cc(-c3cnn(C)c3)cc12. The van der Waals surface area contributed by atoms with Gasteiger partial charge in [-0.25, -0.2) is 4.52 Å². The standard InChI is InChI=1S/C23H31N7O3/c1-5-14-12-29(22(32)23(2,3)33)7-6-18(14)27-20-17(21(24)31)10-26-30-13-15(8-19(20)30)16-9-25-28(4)11-16/h8-11,13-14,18,27,33H,5-7,12H2,1-4H3,(H2,24,31)/t14-,18-/m1/s1. The van der Waals surface area contributed by atoms with E-state index in [1.54, 1.807) is 20.3 Å². The van der Waals surface area contributed by atoms with E-state index in [9.17, 15) is 14.7 Å². The molecular weight excluding hydrogens is 422 g/mol. The lowest BCUT2D eigenvalue weighted by Gasteiger charge is -2.41. The molecule has 1 saturated heterocycles. The molecule has 0 aromatic carbocycles. The Labute approximate surface area is 192 Å². The Morgan fingerprint density at radius 3 is 2.61 bits per heavy atom. The van der Waals surface area contributed by atoms with Crippen LogP contribution in [-0.2, 0) is 11.8 Å². The third kappa shape index (κ3) is 4.43. The Morgan fingerprint density at radius 1 is 1.24 bits per heavy atom. The molecule has 3 aromatic rings.